The SMILES string of the molecule is [2H]c1c([2H])c(N(c2ccccc2-c2ccc3oc4c5ccccc5ccc4c3c2)c2c([2H])c([2H])c(-c3ccc4ccccc4c3)c([2H])c2[2H])c([2H])c([2H])c1-c1cccc(-c2cccc3ccccc23)c1. The van der Waals surface area contributed by atoms with Crippen molar-refractivity contribution in [3.63, 3.8) is 0 Å². The van der Waals surface area contributed by atoms with Crippen molar-refractivity contribution in [1.29, 1.82) is 0 Å². The summed E-state index contributed by atoms with van der Waals surface area (Å²) in [5.41, 5.74) is 5.57. The number of hydrogen-bond acceptors (Lipinski definition) is 2. The zero-order valence-electron chi connectivity index (χ0n) is 41.3. The van der Waals surface area contributed by atoms with E-state index in [1.54, 1.807) is 24.3 Å². The fourth-order valence-electron chi connectivity index (χ4n) is 8.73. The molecule has 11 aromatic carbocycles. The Labute approximate surface area is 371 Å². The molecule has 2 nitrogen and oxygen atoms in total. The molecule has 1 heterocycles. The van der Waals surface area contributed by atoms with Gasteiger partial charge in [-0.05, 0) is 126 Å². The predicted molar refractivity (Wildman–Crippen MR) is 263 cm³/mol. The first-order valence-electron chi connectivity index (χ1n) is 24.6. The largest absolute Gasteiger partial charge is 0.455 e. The Morgan fingerprint density at radius 1 is 0.323 bits per heavy atom. The van der Waals surface area contributed by atoms with E-state index < -0.39 is 24.2 Å². The maximum absolute atomic E-state index is 9.84. The topological polar surface area (TPSA) is 16.4 Å². The summed E-state index contributed by atoms with van der Waals surface area (Å²) in [4.78, 5) is 1.39. The average molecular weight is 798 g/mol. The van der Waals surface area contributed by atoms with Gasteiger partial charge >= 0.3 is 0 Å². The van der Waals surface area contributed by atoms with Gasteiger partial charge in [-0.2, -0.15) is 0 Å². The molecule has 0 atom stereocenters. The number of para-hydroxylation sites is 1. The Morgan fingerprint density at radius 3 is 1.66 bits per heavy atom. The summed E-state index contributed by atoms with van der Waals surface area (Å²) in [5, 5.41) is 7.71. The van der Waals surface area contributed by atoms with Gasteiger partial charge in [-0.1, -0.05) is 176 Å². The molecule has 0 aliphatic carbocycles. The third-order valence-electron chi connectivity index (χ3n) is 11.8. The van der Waals surface area contributed by atoms with E-state index in [9.17, 15) is 11.0 Å². The molecule has 0 unspecified atom stereocenters. The van der Waals surface area contributed by atoms with Crippen LogP contribution in [0.4, 0.5) is 17.1 Å². The zero-order chi connectivity index (χ0) is 47.9. The van der Waals surface area contributed by atoms with Gasteiger partial charge in [0.05, 0.1) is 16.7 Å². The van der Waals surface area contributed by atoms with E-state index in [0.29, 0.717) is 33.5 Å². The van der Waals surface area contributed by atoms with Gasteiger partial charge in [0.25, 0.3) is 0 Å². The summed E-state index contributed by atoms with van der Waals surface area (Å²) in [7, 11) is 0. The van der Waals surface area contributed by atoms with Crippen LogP contribution in [0.2, 0.25) is 0 Å². The average Bonchev–Trinajstić information content (AvgIpc) is 3.78. The first-order valence-corrected chi connectivity index (χ1v) is 20.6. The van der Waals surface area contributed by atoms with Crippen molar-refractivity contribution >= 4 is 71.3 Å². The summed E-state index contributed by atoms with van der Waals surface area (Å²) in [5.74, 6) is 0. The molecule has 0 bridgehead atoms. The maximum Gasteiger partial charge on any atom is 0.143 e. The molecule has 62 heavy (non-hydrogen) atoms. The number of hydrogen-bond donors (Lipinski definition) is 0. The van der Waals surface area contributed by atoms with Gasteiger partial charge in [0.1, 0.15) is 11.2 Å². The Bertz CT molecular complexity index is 4080. The minimum atomic E-state index is -0.417. The molecular weight excluding hydrogens is 751 g/mol. The standard InChI is InChI=1S/C60H39NO/c1-2-14-45-37-47(24-23-40(45)11-1)42-27-33-51(34-28-42)61(50-31-25-41(26-32-50)46-16-9-17-48(38-46)53-21-10-15-43-12-3-5-18-52(43)53)58-22-8-7-19-54(58)49-30-36-59-57(39-49)56-35-29-44-13-4-6-20-55(44)60(56)62-59/h1-39H/i25D,26D,27D,28D,31D,32D,33D,34D. The van der Waals surface area contributed by atoms with Gasteiger partial charge in [-0.15, -0.1) is 0 Å². The Balaban J connectivity index is 1.09. The van der Waals surface area contributed by atoms with Crippen LogP contribution in [0.5, 0.6) is 0 Å². The normalized spacial score (nSPS) is 13.4. The van der Waals surface area contributed by atoms with Gasteiger partial charge in [-0.25, -0.2) is 0 Å². The quantitative estimate of drug-likeness (QED) is 0.160. The fourth-order valence-corrected chi connectivity index (χ4v) is 8.73. The number of rotatable bonds is 7. The van der Waals surface area contributed by atoms with Crippen molar-refractivity contribution in [2.24, 2.45) is 0 Å². The van der Waals surface area contributed by atoms with Gasteiger partial charge in [-0.3, -0.25) is 0 Å². The summed E-state index contributed by atoms with van der Waals surface area (Å²) < 4.78 is 84.1. The summed E-state index contributed by atoms with van der Waals surface area (Å²) in [6, 6.07) is 57.1. The van der Waals surface area contributed by atoms with E-state index >= 15 is 0 Å². The summed E-state index contributed by atoms with van der Waals surface area (Å²) >= 11 is 0. The van der Waals surface area contributed by atoms with E-state index in [1.807, 2.05) is 158 Å². The highest BCUT2D eigenvalue weighted by atomic mass is 16.3. The van der Waals surface area contributed by atoms with Crippen molar-refractivity contribution in [3.05, 3.63) is 236 Å². The molecule has 12 aromatic rings. The van der Waals surface area contributed by atoms with Crippen molar-refractivity contribution in [2.45, 2.75) is 0 Å². The lowest BCUT2D eigenvalue weighted by Crippen LogP contribution is -2.11. The number of nitrogens with zero attached hydrogens (tertiary/aromatic N) is 1. The van der Waals surface area contributed by atoms with E-state index in [4.69, 9.17) is 4.42 Å². The molecule has 0 radical (unpaired) electrons. The van der Waals surface area contributed by atoms with Gasteiger partial charge in [0, 0.05) is 33.1 Å². The lowest BCUT2D eigenvalue weighted by atomic mass is 9.95. The van der Waals surface area contributed by atoms with E-state index in [-0.39, 0.29) is 46.7 Å². The highest BCUT2D eigenvalue weighted by Crippen LogP contribution is 2.44. The highest BCUT2D eigenvalue weighted by Gasteiger charge is 2.19. The number of furan rings is 1. The molecule has 1 aromatic heterocycles. The van der Waals surface area contributed by atoms with Crippen LogP contribution in [0.3, 0.4) is 0 Å². The molecule has 0 saturated carbocycles. The van der Waals surface area contributed by atoms with Crippen molar-refractivity contribution in [3.8, 4) is 44.5 Å². The molecule has 0 amide bonds. The zero-order valence-corrected chi connectivity index (χ0v) is 33.3. The van der Waals surface area contributed by atoms with Crippen LogP contribution in [0.15, 0.2) is 241 Å². The van der Waals surface area contributed by atoms with Crippen LogP contribution in [-0.2, 0) is 0 Å². The predicted octanol–water partition coefficient (Wildman–Crippen LogP) is 17.2. The molecule has 0 aliphatic rings. The van der Waals surface area contributed by atoms with E-state index in [0.717, 1.165) is 59.8 Å². The lowest BCUT2D eigenvalue weighted by molar-refractivity contribution is 0.672. The van der Waals surface area contributed by atoms with Crippen LogP contribution in [0, 0.1) is 0 Å². The Hall–Kier alpha value is -8.20. The fraction of sp³-hybridized carbons (Fsp3) is 0. The molecule has 12 rings (SSSR count). The third kappa shape index (κ3) is 6.20. The van der Waals surface area contributed by atoms with Gasteiger partial charge < -0.3 is 9.32 Å². The van der Waals surface area contributed by atoms with Crippen LogP contribution in [0.1, 0.15) is 11.0 Å². The van der Waals surface area contributed by atoms with Crippen molar-refractivity contribution < 1.29 is 15.4 Å². The molecule has 0 N–H and O–H groups in total. The molecule has 0 spiro atoms. The van der Waals surface area contributed by atoms with E-state index in [2.05, 4.69) is 6.07 Å². The van der Waals surface area contributed by atoms with Crippen molar-refractivity contribution in [2.75, 3.05) is 4.90 Å². The lowest BCUT2D eigenvalue weighted by Gasteiger charge is -2.28. The third-order valence-corrected chi connectivity index (χ3v) is 11.8. The molecular formula is C60H39NO. The summed E-state index contributed by atoms with van der Waals surface area (Å²) in [6.07, 6.45) is 0. The van der Waals surface area contributed by atoms with Gasteiger partial charge in [0.15, 0.2) is 0 Å². The second kappa shape index (κ2) is 14.8. The van der Waals surface area contributed by atoms with Crippen LogP contribution < -0.4 is 4.90 Å². The van der Waals surface area contributed by atoms with Crippen LogP contribution >= 0.6 is 0 Å². The van der Waals surface area contributed by atoms with Gasteiger partial charge in [0.2, 0.25) is 0 Å². The molecule has 2 heteroatoms. The smallest absolute Gasteiger partial charge is 0.143 e. The number of fused-ring (bicyclic) bond motifs is 7. The maximum atomic E-state index is 9.84. The summed E-state index contributed by atoms with van der Waals surface area (Å²) in [6.45, 7) is 0. The van der Waals surface area contributed by atoms with Crippen molar-refractivity contribution in [1.82, 2.24) is 0 Å². The minimum absolute atomic E-state index is 0.0880. The minimum Gasteiger partial charge on any atom is -0.455 e. The first kappa shape index (κ1) is 28.3. The molecule has 0 aliphatic heterocycles. The monoisotopic (exact) mass is 797 g/mol. The number of anilines is 3. The van der Waals surface area contributed by atoms with Crippen LogP contribution in [-0.4, -0.2) is 0 Å². The molecule has 0 fully saturated rings. The van der Waals surface area contributed by atoms with E-state index in [1.165, 1.54) is 4.90 Å². The highest BCUT2D eigenvalue weighted by molar-refractivity contribution is 6.15. The van der Waals surface area contributed by atoms with Crippen LogP contribution in [0.25, 0.3) is 98.8 Å². The Kier molecular flexibility index (Phi) is 6.76. The molecule has 0 saturated heterocycles. The number of benzene rings is 11. The second-order valence-corrected chi connectivity index (χ2v) is 15.4. The molecule has 290 valence electrons. The first-order chi connectivity index (χ1) is 34.1. The second-order valence-electron chi connectivity index (χ2n) is 15.4. The Morgan fingerprint density at radius 2 is 0.871 bits per heavy atom.